The van der Waals surface area contributed by atoms with Gasteiger partial charge in [0.1, 0.15) is 19.3 Å². The van der Waals surface area contributed by atoms with Gasteiger partial charge in [-0.3, -0.25) is 37.3 Å². The lowest BCUT2D eigenvalue weighted by Gasteiger charge is -2.21. The lowest BCUT2D eigenvalue weighted by molar-refractivity contribution is -0.161. The number of phosphoric acid groups is 2. The van der Waals surface area contributed by atoms with Gasteiger partial charge < -0.3 is 33.8 Å². The first-order chi connectivity index (χ1) is 46.6. The van der Waals surface area contributed by atoms with E-state index in [0.29, 0.717) is 31.6 Å². The number of rotatable bonds is 75. The Morgan fingerprint density at radius 3 is 0.732 bits per heavy atom. The van der Waals surface area contributed by atoms with Crippen LogP contribution in [0.5, 0.6) is 0 Å². The third kappa shape index (κ3) is 70.9. The quantitative estimate of drug-likeness (QED) is 0.0222. The van der Waals surface area contributed by atoms with Crippen molar-refractivity contribution < 1.29 is 80.2 Å². The van der Waals surface area contributed by atoms with Gasteiger partial charge in [-0.15, -0.1) is 0 Å². The van der Waals surface area contributed by atoms with Crippen molar-refractivity contribution in [3.8, 4) is 0 Å². The Hall–Kier alpha value is -1.94. The summed E-state index contributed by atoms with van der Waals surface area (Å²) >= 11 is 0. The van der Waals surface area contributed by atoms with Gasteiger partial charge in [0.15, 0.2) is 12.2 Å². The average Bonchev–Trinajstić information content (AvgIpc) is 1.47. The second-order valence-electron chi connectivity index (χ2n) is 29.8. The van der Waals surface area contributed by atoms with Gasteiger partial charge in [0.05, 0.1) is 26.4 Å². The predicted molar refractivity (Wildman–Crippen MR) is 395 cm³/mol. The molecule has 6 atom stereocenters. The van der Waals surface area contributed by atoms with Crippen molar-refractivity contribution in [1.29, 1.82) is 0 Å². The molecule has 4 unspecified atom stereocenters. The van der Waals surface area contributed by atoms with Crippen LogP contribution in [-0.2, 0) is 65.4 Å². The van der Waals surface area contributed by atoms with Crippen LogP contribution in [0.4, 0.5) is 0 Å². The summed E-state index contributed by atoms with van der Waals surface area (Å²) < 4.78 is 68.6. The van der Waals surface area contributed by atoms with E-state index in [9.17, 15) is 43.2 Å². The summed E-state index contributed by atoms with van der Waals surface area (Å²) in [6, 6.07) is 0. The topological polar surface area (TPSA) is 237 Å². The third-order valence-electron chi connectivity index (χ3n) is 18.4. The maximum atomic E-state index is 13.1. The highest BCUT2D eigenvalue weighted by molar-refractivity contribution is 7.47. The summed E-state index contributed by atoms with van der Waals surface area (Å²) in [5.41, 5.74) is 0. The molecule has 0 aliphatic carbocycles. The molecule has 0 saturated carbocycles. The first-order valence-corrected chi connectivity index (χ1v) is 43.2. The van der Waals surface area contributed by atoms with Crippen molar-refractivity contribution in [3.05, 3.63) is 0 Å². The van der Waals surface area contributed by atoms with E-state index in [4.69, 9.17) is 37.0 Å². The molecule has 3 N–H and O–H groups in total. The van der Waals surface area contributed by atoms with Crippen LogP contribution in [-0.4, -0.2) is 96.7 Å². The molecular weight excluding hydrogens is 1270 g/mol. The first-order valence-electron chi connectivity index (χ1n) is 40.2. The summed E-state index contributed by atoms with van der Waals surface area (Å²) in [5, 5.41) is 10.6. The molecule has 0 amide bonds. The Labute approximate surface area is 594 Å². The molecule has 576 valence electrons. The second-order valence-corrected chi connectivity index (χ2v) is 32.7. The highest BCUT2D eigenvalue weighted by Crippen LogP contribution is 2.45. The Balaban J connectivity index is 5.19. The number of ether oxygens (including phenoxy) is 4. The van der Waals surface area contributed by atoms with Gasteiger partial charge >= 0.3 is 39.5 Å². The minimum atomic E-state index is -4.96. The molecule has 0 rings (SSSR count). The lowest BCUT2D eigenvalue weighted by Crippen LogP contribution is -2.30. The predicted octanol–water partition coefficient (Wildman–Crippen LogP) is 22.8. The minimum absolute atomic E-state index is 0.106. The van der Waals surface area contributed by atoms with E-state index in [1.165, 1.54) is 193 Å². The molecule has 0 aliphatic heterocycles. The molecule has 0 radical (unpaired) electrons. The molecule has 0 aliphatic rings. The molecule has 0 spiro atoms. The van der Waals surface area contributed by atoms with Crippen molar-refractivity contribution in [2.45, 2.75) is 414 Å². The van der Waals surface area contributed by atoms with Crippen LogP contribution in [0.1, 0.15) is 396 Å². The molecule has 0 saturated heterocycles. The third-order valence-corrected chi connectivity index (χ3v) is 20.3. The van der Waals surface area contributed by atoms with Crippen molar-refractivity contribution in [2.75, 3.05) is 39.6 Å². The van der Waals surface area contributed by atoms with E-state index in [1.54, 1.807) is 0 Å². The maximum Gasteiger partial charge on any atom is 0.472 e. The normalized spacial score (nSPS) is 14.4. The summed E-state index contributed by atoms with van der Waals surface area (Å²) in [7, 11) is -9.92. The fourth-order valence-electron chi connectivity index (χ4n) is 11.9. The highest BCUT2D eigenvalue weighted by Gasteiger charge is 2.30. The fourth-order valence-corrected chi connectivity index (χ4v) is 13.5. The molecule has 0 heterocycles. The number of aliphatic hydroxyl groups excluding tert-OH is 1. The SMILES string of the molecule is CCC(C)CCCCCCCCCCCCC(=O)O[C@H](COC(=O)CCCCCCCCCCCCC(C)C)COP(=O)(O)OCC(O)COP(=O)(O)OC[C@@H](COC(=O)CCCCCCCCC(C)C)OC(=O)CCCCCCCCCCCCCCCCCCCCC(C)C. The lowest BCUT2D eigenvalue weighted by atomic mass is 9.99. The molecule has 0 fully saturated rings. The number of aliphatic hydroxyl groups is 1. The zero-order chi connectivity index (χ0) is 71.7. The van der Waals surface area contributed by atoms with Crippen LogP contribution in [0, 0.1) is 23.7 Å². The summed E-state index contributed by atoms with van der Waals surface area (Å²) in [6.07, 6.45) is 52.9. The Kier molecular flexibility index (Phi) is 65.9. The molecular formula is C78H152O17P2. The van der Waals surface area contributed by atoms with Crippen LogP contribution < -0.4 is 0 Å². The van der Waals surface area contributed by atoms with E-state index < -0.39 is 97.5 Å². The number of carbonyl (C=O) groups is 4. The standard InChI is InChI=1S/C78H152O17P2/c1-9-71(8)57-49-41-32-26-21-23-29-35-45-53-61-78(83)94-73(64-88-75(80)58-50-42-33-27-22-20-25-31-39-47-55-69(4)5)66-92-96(84,85)90-62-72(79)63-91-97(86,87)93-67-74(65-89-76(81)59-51-43-37-36-40-48-56-70(6)7)95-77(82)60-52-44-34-28-19-17-15-13-11-10-12-14-16-18-24-30-38-46-54-68(2)3/h68-74,79H,9-67H2,1-8H3,(H,84,85)(H,86,87)/t71?,72?,73-,74-/m1/s1. The van der Waals surface area contributed by atoms with Gasteiger partial charge in [0, 0.05) is 25.7 Å². The molecule has 17 nitrogen and oxygen atoms in total. The van der Waals surface area contributed by atoms with Gasteiger partial charge in [-0.2, -0.15) is 0 Å². The van der Waals surface area contributed by atoms with Crippen molar-refractivity contribution >= 4 is 39.5 Å². The van der Waals surface area contributed by atoms with Gasteiger partial charge in [-0.25, -0.2) is 9.13 Å². The smallest absolute Gasteiger partial charge is 0.462 e. The first kappa shape index (κ1) is 95.1. The Morgan fingerprint density at radius 2 is 0.495 bits per heavy atom. The van der Waals surface area contributed by atoms with Gasteiger partial charge in [0.2, 0.25) is 0 Å². The van der Waals surface area contributed by atoms with E-state index >= 15 is 0 Å². The summed E-state index contributed by atoms with van der Waals surface area (Å²) in [5.74, 6) is 0.940. The van der Waals surface area contributed by atoms with Gasteiger partial charge in [0.25, 0.3) is 0 Å². The van der Waals surface area contributed by atoms with Crippen molar-refractivity contribution in [2.24, 2.45) is 23.7 Å². The molecule has 0 aromatic heterocycles. The fraction of sp³-hybridized carbons (Fsp3) is 0.949. The molecule has 0 aromatic carbocycles. The zero-order valence-electron chi connectivity index (χ0n) is 63.7. The molecule has 97 heavy (non-hydrogen) atoms. The highest BCUT2D eigenvalue weighted by atomic mass is 31.2. The van der Waals surface area contributed by atoms with Crippen molar-refractivity contribution in [3.63, 3.8) is 0 Å². The average molecular weight is 1420 g/mol. The van der Waals surface area contributed by atoms with Crippen molar-refractivity contribution in [1.82, 2.24) is 0 Å². The minimum Gasteiger partial charge on any atom is -0.462 e. The number of esters is 4. The summed E-state index contributed by atoms with van der Waals surface area (Å²) in [6.45, 7) is 14.2. The van der Waals surface area contributed by atoms with Crippen LogP contribution in [0.15, 0.2) is 0 Å². The van der Waals surface area contributed by atoms with Gasteiger partial charge in [-0.1, -0.05) is 344 Å². The maximum absolute atomic E-state index is 13.1. The van der Waals surface area contributed by atoms with Crippen LogP contribution in [0.2, 0.25) is 0 Å². The monoisotopic (exact) mass is 1420 g/mol. The second kappa shape index (κ2) is 67.2. The summed E-state index contributed by atoms with van der Waals surface area (Å²) in [4.78, 5) is 72.8. The van der Waals surface area contributed by atoms with Crippen LogP contribution >= 0.6 is 15.6 Å². The number of hydrogen-bond donors (Lipinski definition) is 3. The van der Waals surface area contributed by atoms with Crippen LogP contribution in [0.3, 0.4) is 0 Å². The number of carbonyl (C=O) groups excluding carboxylic acids is 4. The largest absolute Gasteiger partial charge is 0.472 e. The number of unbranched alkanes of at least 4 members (excludes halogenated alkanes) is 40. The number of hydrogen-bond acceptors (Lipinski definition) is 15. The van der Waals surface area contributed by atoms with E-state index in [-0.39, 0.29) is 25.7 Å². The Bertz CT molecular complexity index is 1900. The van der Waals surface area contributed by atoms with Gasteiger partial charge in [-0.05, 0) is 49.4 Å². The van der Waals surface area contributed by atoms with E-state index in [0.717, 1.165) is 114 Å². The molecule has 19 heteroatoms. The van der Waals surface area contributed by atoms with Crippen LogP contribution in [0.25, 0.3) is 0 Å². The zero-order valence-corrected chi connectivity index (χ0v) is 65.5. The van der Waals surface area contributed by atoms with E-state index in [1.807, 2.05) is 0 Å². The molecule has 0 aromatic rings. The molecule has 0 bridgehead atoms. The number of phosphoric ester groups is 2. The Morgan fingerprint density at radius 1 is 0.289 bits per heavy atom. The van der Waals surface area contributed by atoms with E-state index in [2.05, 4.69) is 55.4 Å².